The number of carbonyl (C=O) groups excluding carboxylic acids is 1. The Kier molecular flexibility index (Phi) is 4.78. The number of fused-ring (bicyclic) bond motifs is 5. The lowest BCUT2D eigenvalue weighted by Gasteiger charge is -2.43. The van der Waals surface area contributed by atoms with Gasteiger partial charge >= 0.3 is 0 Å². The lowest BCUT2D eigenvalue weighted by Crippen LogP contribution is -2.55. The Morgan fingerprint density at radius 3 is 2.68 bits per heavy atom. The number of pyridine rings is 2. The Balaban J connectivity index is 1.80. The van der Waals surface area contributed by atoms with Crippen molar-refractivity contribution in [2.24, 2.45) is 0 Å². The van der Waals surface area contributed by atoms with Crippen molar-refractivity contribution in [3.63, 3.8) is 0 Å². The van der Waals surface area contributed by atoms with Gasteiger partial charge in [-0.25, -0.2) is 0 Å². The monoisotopic (exact) mass is 414 g/mol. The SMILES string of the molecule is O=C1c2c(O)c(=O)ccn2N2CN1C/C=C/CCc1ccccc1[C@@H]2c1ccccn1. The molecule has 0 saturated heterocycles. The molecule has 4 heterocycles. The Labute approximate surface area is 179 Å². The fourth-order valence-corrected chi connectivity index (χ4v) is 4.33. The third-order valence-electron chi connectivity index (χ3n) is 5.82. The predicted molar refractivity (Wildman–Crippen MR) is 116 cm³/mol. The molecule has 1 amide bonds. The van der Waals surface area contributed by atoms with E-state index in [0.29, 0.717) is 6.54 Å². The molecule has 156 valence electrons. The summed E-state index contributed by atoms with van der Waals surface area (Å²) in [6.45, 7) is 0.678. The first-order valence-electron chi connectivity index (χ1n) is 10.3. The number of benzene rings is 1. The molecule has 2 aliphatic rings. The van der Waals surface area contributed by atoms with Crippen molar-refractivity contribution in [3.05, 3.63) is 106 Å². The van der Waals surface area contributed by atoms with Crippen molar-refractivity contribution in [1.29, 1.82) is 0 Å². The normalized spacial score (nSPS) is 19.2. The second-order valence-corrected chi connectivity index (χ2v) is 7.70. The van der Waals surface area contributed by atoms with Gasteiger partial charge in [-0.1, -0.05) is 42.5 Å². The maximum absolute atomic E-state index is 13.2. The van der Waals surface area contributed by atoms with E-state index >= 15 is 0 Å². The summed E-state index contributed by atoms with van der Waals surface area (Å²) in [6.07, 6.45) is 9.06. The van der Waals surface area contributed by atoms with Crippen LogP contribution in [0.25, 0.3) is 0 Å². The Morgan fingerprint density at radius 2 is 1.84 bits per heavy atom. The third kappa shape index (κ3) is 3.28. The van der Waals surface area contributed by atoms with Crippen LogP contribution in [0.3, 0.4) is 0 Å². The highest BCUT2D eigenvalue weighted by Crippen LogP contribution is 2.33. The van der Waals surface area contributed by atoms with Crippen molar-refractivity contribution in [2.75, 3.05) is 18.2 Å². The Hall–Kier alpha value is -3.87. The average molecular weight is 414 g/mol. The van der Waals surface area contributed by atoms with Gasteiger partial charge in [0.2, 0.25) is 5.43 Å². The molecule has 1 N–H and O–H groups in total. The minimum Gasteiger partial charge on any atom is -0.502 e. The first kappa shape index (κ1) is 19.1. The highest BCUT2D eigenvalue weighted by molar-refractivity contribution is 5.96. The quantitative estimate of drug-likeness (QED) is 0.620. The minimum atomic E-state index is -0.573. The first-order valence-corrected chi connectivity index (χ1v) is 10.3. The fraction of sp³-hybridized carbons (Fsp3) is 0.208. The largest absolute Gasteiger partial charge is 0.502 e. The van der Waals surface area contributed by atoms with Gasteiger partial charge in [0, 0.05) is 25.0 Å². The zero-order valence-electron chi connectivity index (χ0n) is 16.9. The van der Waals surface area contributed by atoms with Crippen LogP contribution in [0.2, 0.25) is 0 Å². The molecular weight excluding hydrogens is 392 g/mol. The molecular formula is C24H22N4O3. The number of aromatic hydroxyl groups is 1. The van der Waals surface area contributed by atoms with Gasteiger partial charge in [0.1, 0.15) is 12.7 Å². The molecule has 0 spiro atoms. The van der Waals surface area contributed by atoms with Crippen molar-refractivity contribution >= 4 is 5.91 Å². The van der Waals surface area contributed by atoms with E-state index in [1.807, 2.05) is 41.4 Å². The molecule has 7 heteroatoms. The zero-order chi connectivity index (χ0) is 21.4. The number of carbonyl (C=O) groups is 1. The first-order chi connectivity index (χ1) is 15.1. The van der Waals surface area contributed by atoms with Crippen LogP contribution in [0.1, 0.15) is 39.8 Å². The summed E-state index contributed by atoms with van der Waals surface area (Å²) in [5, 5.41) is 12.5. The van der Waals surface area contributed by atoms with E-state index in [1.165, 1.54) is 11.6 Å². The molecule has 3 aromatic rings. The van der Waals surface area contributed by atoms with E-state index in [4.69, 9.17) is 0 Å². The molecule has 2 aromatic heterocycles. The van der Waals surface area contributed by atoms with Crippen LogP contribution in [-0.2, 0) is 6.42 Å². The average Bonchev–Trinajstić information content (AvgIpc) is 2.82. The molecule has 1 atom stereocenters. The lowest BCUT2D eigenvalue weighted by molar-refractivity contribution is 0.0701. The number of rotatable bonds is 1. The lowest BCUT2D eigenvalue weighted by atomic mass is 9.94. The van der Waals surface area contributed by atoms with Crippen molar-refractivity contribution < 1.29 is 9.90 Å². The van der Waals surface area contributed by atoms with Crippen LogP contribution in [0.4, 0.5) is 0 Å². The van der Waals surface area contributed by atoms with Gasteiger partial charge in [-0.05, 0) is 36.1 Å². The summed E-state index contributed by atoms with van der Waals surface area (Å²) in [7, 11) is 0. The van der Waals surface area contributed by atoms with Gasteiger partial charge in [0.25, 0.3) is 5.91 Å². The molecule has 0 unspecified atom stereocenters. The van der Waals surface area contributed by atoms with Crippen LogP contribution in [0.15, 0.2) is 77.9 Å². The van der Waals surface area contributed by atoms with Crippen LogP contribution in [0, 0.1) is 0 Å². The van der Waals surface area contributed by atoms with E-state index < -0.39 is 11.2 Å². The molecule has 1 aromatic carbocycles. The van der Waals surface area contributed by atoms with E-state index in [9.17, 15) is 14.7 Å². The molecule has 0 saturated carbocycles. The second-order valence-electron chi connectivity index (χ2n) is 7.70. The van der Waals surface area contributed by atoms with Crippen molar-refractivity contribution in [2.45, 2.75) is 18.9 Å². The second kappa shape index (κ2) is 7.75. The molecule has 0 fully saturated rings. The molecule has 31 heavy (non-hydrogen) atoms. The summed E-state index contributed by atoms with van der Waals surface area (Å²) in [5.41, 5.74) is 2.50. The van der Waals surface area contributed by atoms with Crippen LogP contribution >= 0.6 is 0 Å². The number of aromatic nitrogens is 2. The summed E-state index contributed by atoms with van der Waals surface area (Å²) in [6, 6.07) is 15.0. The van der Waals surface area contributed by atoms with Gasteiger partial charge in [-0.3, -0.25) is 24.3 Å². The Morgan fingerprint density at radius 1 is 1.00 bits per heavy atom. The molecule has 0 radical (unpaired) electrons. The van der Waals surface area contributed by atoms with Gasteiger partial charge in [-0.15, -0.1) is 0 Å². The topological polar surface area (TPSA) is 78.7 Å². The smallest absolute Gasteiger partial charge is 0.278 e. The fourth-order valence-electron chi connectivity index (χ4n) is 4.33. The van der Waals surface area contributed by atoms with E-state index in [1.54, 1.807) is 22.0 Å². The van der Waals surface area contributed by atoms with E-state index in [2.05, 4.69) is 23.2 Å². The maximum atomic E-state index is 13.2. The Bertz CT molecular complexity index is 1220. The maximum Gasteiger partial charge on any atom is 0.278 e. The number of nitrogens with zero attached hydrogens (tertiary/aromatic N) is 4. The predicted octanol–water partition coefficient (Wildman–Crippen LogP) is 2.59. The minimum absolute atomic E-state index is 0.0233. The highest BCUT2D eigenvalue weighted by Gasteiger charge is 2.37. The van der Waals surface area contributed by atoms with Crippen LogP contribution < -0.4 is 10.4 Å². The molecule has 7 nitrogen and oxygen atoms in total. The van der Waals surface area contributed by atoms with E-state index in [0.717, 1.165) is 24.1 Å². The summed E-state index contributed by atoms with van der Waals surface area (Å²) in [4.78, 5) is 31.6. The number of aryl methyl sites for hydroxylation is 1. The standard InChI is InChI=1S/C24H22N4O3/c29-20-12-15-27-22(23(20)30)24(31)26-14-7-1-2-8-17-9-3-4-10-18(17)21(28(27)16-26)19-11-5-6-13-25-19/h1,3-7,9-13,15,21,30H,2,8,14,16H2/b7-1+/t21-/m1/s1. The van der Waals surface area contributed by atoms with Crippen LogP contribution in [0.5, 0.6) is 5.75 Å². The van der Waals surface area contributed by atoms with E-state index in [-0.39, 0.29) is 24.3 Å². The molecule has 0 aliphatic carbocycles. The number of hydrogen-bond acceptors (Lipinski definition) is 5. The van der Waals surface area contributed by atoms with Gasteiger partial charge < -0.3 is 10.0 Å². The van der Waals surface area contributed by atoms with Crippen LogP contribution in [-0.4, -0.2) is 38.8 Å². The molecule has 2 bridgehead atoms. The van der Waals surface area contributed by atoms with Crippen molar-refractivity contribution in [1.82, 2.24) is 14.6 Å². The number of amides is 1. The summed E-state index contributed by atoms with van der Waals surface area (Å²) >= 11 is 0. The summed E-state index contributed by atoms with van der Waals surface area (Å²) in [5.74, 6) is -0.905. The molecule has 5 rings (SSSR count). The zero-order valence-corrected chi connectivity index (χ0v) is 16.9. The number of hydrogen-bond donors (Lipinski definition) is 1. The van der Waals surface area contributed by atoms with Gasteiger partial charge in [0.05, 0.1) is 5.69 Å². The number of allylic oxidation sites excluding steroid dienone is 1. The van der Waals surface area contributed by atoms with Gasteiger partial charge in [0.15, 0.2) is 11.4 Å². The third-order valence-corrected chi connectivity index (χ3v) is 5.82. The highest BCUT2D eigenvalue weighted by atomic mass is 16.3. The van der Waals surface area contributed by atoms with Gasteiger partial charge in [-0.2, -0.15) is 0 Å². The van der Waals surface area contributed by atoms with Crippen molar-refractivity contribution in [3.8, 4) is 5.75 Å². The summed E-state index contributed by atoms with van der Waals surface area (Å²) < 4.78 is 1.60. The molecule has 2 aliphatic heterocycles.